The highest BCUT2D eigenvalue weighted by Gasteiger charge is 2.15. The van der Waals surface area contributed by atoms with Crippen LogP contribution in [0.2, 0.25) is 0 Å². The lowest BCUT2D eigenvalue weighted by atomic mass is 9.86. The van der Waals surface area contributed by atoms with Gasteiger partial charge in [-0.1, -0.05) is 65.3 Å². The molecule has 1 saturated carbocycles. The summed E-state index contributed by atoms with van der Waals surface area (Å²) in [5.41, 5.74) is 0.993. The summed E-state index contributed by atoms with van der Waals surface area (Å²) in [6.45, 7) is 0. The van der Waals surface area contributed by atoms with Crippen molar-refractivity contribution >= 4 is 15.9 Å². The first-order chi connectivity index (χ1) is 9.81. The molecule has 3 nitrogen and oxygen atoms in total. The lowest BCUT2D eigenvalue weighted by molar-refractivity contribution is 0.315. The summed E-state index contributed by atoms with van der Waals surface area (Å²) < 4.78 is 6.40. The predicted molar refractivity (Wildman–Crippen MR) is 82.3 cm³/mol. The number of aromatic nitrogens is 2. The summed E-state index contributed by atoms with van der Waals surface area (Å²) >= 11 is 3.46. The zero-order chi connectivity index (χ0) is 13.8. The molecule has 3 rings (SSSR count). The summed E-state index contributed by atoms with van der Waals surface area (Å²) in [4.78, 5) is 4.51. The first kappa shape index (κ1) is 13.8. The van der Waals surface area contributed by atoms with E-state index in [1.165, 1.54) is 38.5 Å². The number of nitrogens with zero attached hydrogens (tertiary/aromatic N) is 2. The first-order valence-corrected chi connectivity index (χ1v) is 8.19. The minimum absolute atomic E-state index is 0.685. The van der Waals surface area contributed by atoms with E-state index in [1.807, 2.05) is 24.3 Å². The van der Waals surface area contributed by atoms with E-state index in [4.69, 9.17) is 4.52 Å². The second kappa shape index (κ2) is 6.53. The van der Waals surface area contributed by atoms with Gasteiger partial charge in [-0.2, -0.15) is 4.98 Å². The van der Waals surface area contributed by atoms with Gasteiger partial charge in [0.05, 0.1) is 0 Å². The number of aryl methyl sites for hydroxylation is 1. The van der Waals surface area contributed by atoms with Crippen molar-refractivity contribution in [2.45, 2.75) is 44.9 Å². The third kappa shape index (κ3) is 3.48. The second-order valence-electron chi connectivity index (χ2n) is 5.56. The van der Waals surface area contributed by atoms with Crippen LogP contribution in [-0.2, 0) is 6.42 Å². The van der Waals surface area contributed by atoms with Crippen molar-refractivity contribution in [3.8, 4) is 11.4 Å². The number of hydrogen-bond acceptors (Lipinski definition) is 3. The fourth-order valence-corrected chi connectivity index (χ4v) is 3.30. The molecule has 0 saturated heterocycles. The van der Waals surface area contributed by atoms with E-state index in [1.54, 1.807) is 0 Å². The number of halogens is 1. The van der Waals surface area contributed by atoms with Gasteiger partial charge in [-0.15, -0.1) is 0 Å². The van der Waals surface area contributed by atoms with Crippen molar-refractivity contribution in [1.82, 2.24) is 10.1 Å². The highest BCUT2D eigenvalue weighted by atomic mass is 79.9. The number of benzene rings is 1. The Kier molecular flexibility index (Phi) is 4.51. The molecule has 0 aliphatic heterocycles. The maximum Gasteiger partial charge on any atom is 0.226 e. The standard InChI is InChI=1S/C16H19BrN2O/c17-14-8-4-7-13(11-14)16-18-15(20-19-16)10-9-12-5-2-1-3-6-12/h4,7-8,11-12H,1-3,5-6,9-10H2. The highest BCUT2D eigenvalue weighted by Crippen LogP contribution is 2.27. The Morgan fingerprint density at radius 3 is 2.85 bits per heavy atom. The zero-order valence-corrected chi connectivity index (χ0v) is 13.1. The van der Waals surface area contributed by atoms with Crippen LogP contribution in [0.5, 0.6) is 0 Å². The SMILES string of the molecule is Brc1cccc(-c2noc(CCC3CCCCC3)n2)c1. The van der Waals surface area contributed by atoms with Gasteiger partial charge in [0.15, 0.2) is 0 Å². The predicted octanol–water partition coefficient (Wildman–Crippen LogP) is 5.01. The molecule has 1 aliphatic carbocycles. The largest absolute Gasteiger partial charge is 0.339 e. The van der Waals surface area contributed by atoms with Crippen LogP contribution in [-0.4, -0.2) is 10.1 Å². The molecule has 106 valence electrons. The van der Waals surface area contributed by atoms with Gasteiger partial charge in [0, 0.05) is 16.5 Å². The fraction of sp³-hybridized carbons (Fsp3) is 0.500. The Hall–Kier alpha value is -1.16. The van der Waals surface area contributed by atoms with Gasteiger partial charge in [0.2, 0.25) is 11.7 Å². The maximum absolute atomic E-state index is 5.37. The molecule has 0 unspecified atom stereocenters. The number of rotatable bonds is 4. The van der Waals surface area contributed by atoms with Crippen LogP contribution in [0.3, 0.4) is 0 Å². The zero-order valence-electron chi connectivity index (χ0n) is 11.5. The molecule has 4 heteroatoms. The van der Waals surface area contributed by atoms with E-state index in [0.29, 0.717) is 5.82 Å². The summed E-state index contributed by atoms with van der Waals surface area (Å²) in [6.07, 6.45) is 9.00. The Bertz CT molecular complexity index is 561. The molecule has 0 radical (unpaired) electrons. The minimum Gasteiger partial charge on any atom is -0.339 e. The molecule has 0 N–H and O–H groups in total. The molecule has 2 aromatic rings. The van der Waals surface area contributed by atoms with Crippen LogP contribution in [0.25, 0.3) is 11.4 Å². The first-order valence-electron chi connectivity index (χ1n) is 7.40. The second-order valence-corrected chi connectivity index (χ2v) is 6.48. The maximum atomic E-state index is 5.37. The lowest BCUT2D eigenvalue weighted by Crippen LogP contribution is -2.07. The van der Waals surface area contributed by atoms with Crippen LogP contribution in [0.4, 0.5) is 0 Å². The summed E-state index contributed by atoms with van der Waals surface area (Å²) in [6, 6.07) is 7.99. The summed E-state index contributed by atoms with van der Waals surface area (Å²) in [5, 5.41) is 4.08. The Balaban J connectivity index is 1.61. The van der Waals surface area contributed by atoms with Gasteiger partial charge < -0.3 is 4.52 Å². The molecule has 0 bridgehead atoms. The monoisotopic (exact) mass is 334 g/mol. The molecule has 1 fully saturated rings. The molecule has 1 aliphatic rings. The third-order valence-corrected chi connectivity index (χ3v) is 4.54. The van der Waals surface area contributed by atoms with E-state index in [0.717, 1.165) is 28.3 Å². The average Bonchev–Trinajstić information content (AvgIpc) is 2.95. The highest BCUT2D eigenvalue weighted by molar-refractivity contribution is 9.10. The van der Waals surface area contributed by atoms with E-state index in [2.05, 4.69) is 26.1 Å². The average molecular weight is 335 g/mol. The van der Waals surface area contributed by atoms with Crippen molar-refractivity contribution < 1.29 is 4.52 Å². The quantitative estimate of drug-likeness (QED) is 0.788. The van der Waals surface area contributed by atoms with Gasteiger partial charge in [-0.05, 0) is 24.5 Å². The van der Waals surface area contributed by atoms with Crippen LogP contribution in [0, 0.1) is 5.92 Å². The Labute approximate surface area is 127 Å². The molecule has 0 spiro atoms. The molecule has 0 amide bonds. The van der Waals surface area contributed by atoms with Crippen LogP contribution in [0.15, 0.2) is 33.3 Å². The topological polar surface area (TPSA) is 38.9 Å². The van der Waals surface area contributed by atoms with Crippen molar-refractivity contribution in [2.24, 2.45) is 5.92 Å². The van der Waals surface area contributed by atoms with Crippen molar-refractivity contribution in [1.29, 1.82) is 0 Å². The van der Waals surface area contributed by atoms with E-state index >= 15 is 0 Å². The van der Waals surface area contributed by atoms with Crippen LogP contribution < -0.4 is 0 Å². The summed E-state index contributed by atoms with van der Waals surface area (Å²) in [5.74, 6) is 2.31. The van der Waals surface area contributed by atoms with Crippen molar-refractivity contribution in [3.05, 3.63) is 34.6 Å². The molecular formula is C16H19BrN2O. The lowest BCUT2D eigenvalue weighted by Gasteiger charge is -2.20. The van der Waals surface area contributed by atoms with Gasteiger partial charge in [-0.25, -0.2) is 0 Å². The fourth-order valence-electron chi connectivity index (χ4n) is 2.90. The van der Waals surface area contributed by atoms with Crippen molar-refractivity contribution in [2.75, 3.05) is 0 Å². The minimum atomic E-state index is 0.685. The van der Waals surface area contributed by atoms with E-state index in [-0.39, 0.29) is 0 Å². The normalized spacial score (nSPS) is 16.4. The van der Waals surface area contributed by atoms with Gasteiger partial charge >= 0.3 is 0 Å². The molecule has 0 atom stereocenters. The smallest absolute Gasteiger partial charge is 0.226 e. The van der Waals surface area contributed by atoms with Crippen LogP contribution in [0.1, 0.15) is 44.4 Å². The van der Waals surface area contributed by atoms with E-state index in [9.17, 15) is 0 Å². The van der Waals surface area contributed by atoms with Crippen molar-refractivity contribution in [3.63, 3.8) is 0 Å². The molecule has 20 heavy (non-hydrogen) atoms. The van der Waals surface area contributed by atoms with Gasteiger partial charge in [0.25, 0.3) is 0 Å². The number of hydrogen-bond donors (Lipinski definition) is 0. The third-order valence-electron chi connectivity index (χ3n) is 4.04. The molecule has 1 aromatic carbocycles. The van der Waals surface area contributed by atoms with Gasteiger partial charge in [0.1, 0.15) is 0 Å². The van der Waals surface area contributed by atoms with E-state index < -0.39 is 0 Å². The summed E-state index contributed by atoms with van der Waals surface area (Å²) in [7, 11) is 0. The van der Waals surface area contributed by atoms with Crippen LogP contribution >= 0.6 is 15.9 Å². The van der Waals surface area contributed by atoms with Gasteiger partial charge in [-0.3, -0.25) is 0 Å². The molecule has 1 aromatic heterocycles. The Morgan fingerprint density at radius 2 is 2.05 bits per heavy atom. The molecular weight excluding hydrogens is 316 g/mol. The molecule has 1 heterocycles. The Morgan fingerprint density at radius 1 is 1.20 bits per heavy atom.